The van der Waals surface area contributed by atoms with Gasteiger partial charge in [-0.2, -0.15) is 13.2 Å². The molecule has 0 aliphatic heterocycles. The number of ether oxygens (including phenoxy) is 1. The molecule has 0 aliphatic carbocycles. The number of carboxylic acid groups (broad SMARTS) is 2. The van der Waals surface area contributed by atoms with Gasteiger partial charge in [-0.15, -0.1) is 0 Å². The summed E-state index contributed by atoms with van der Waals surface area (Å²) in [5, 5.41) is 15.2. The summed E-state index contributed by atoms with van der Waals surface area (Å²) in [4.78, 5) is 32.7. The number of hydrogen-bond acceptors (Lipinski definition) is 6. The van der Waals surface area contributed by atoms with Crippen molar-refractivity contribution in [3.63, 3.8) is 0 Å². The van der Waals surface area contributed by atoms with E-state index >= 15 is 0 Å². The number of sulfone groups is 1. The highest BCUT2D eigenvalue weighted by atomic mass is 32.2. The van der Waals surface area contributed by atoms with Crippen molar-refractivity contribution in [1.29, 1.82) is 0 Å². The smallest absolute Gasteiger partial charge is 0.427 e. The number of aliphatic carboxylic acids is 1. The minimum Gasteiger partial charge on any atom is -0.481 e. The summed E-state index contributed by atoms with van der Waals surface area (Å²) in [6.07, 6.45) is -6.84. The van der Waals surface area contributed by atoms with Crippen molar-refractivity contribution in [2.75, 3.05) is 0 Å². The van der Waals surface area contributed by atoms with Crippen LogP contribution in [0.4, 0.5) is 18.0 Å². The number of halogens is 3. The third-order valence-electron chi connectivity index (χ3n) is 3.02. The van der Waals surface area contributed by atoms with Gasteiger partial charge in [-0.3, -0.25) is 4.79 Å². The van der Waals surface area contributed by atoms with Gasteiger partial charge in [-0.05, 0) is 38.5 Å². The van der Waals surface area contributed by atoms with Crippen molar-refractivity contribution in [2.45, 2.75) is 43.9 Å². The first kappa shape index (κ1) is 22.4. The Kier molecular flexibility index (Phi) is 5.96. The molecule has 0 unspecified atom stereocenters. The average molecular weight is 412 g/mol. The molecule has 0 aliphatic rings. The molecule has 12 heteroatoms. The van der Waals surface area contributed by atoms with Crippen LogP contribution in [0.1, 0.15) is 42.3 Å². The number of carbonyl (C=O) groups is 3. The van der Waals surface area contributed by atoms with E-state index in [1.165, 1.54) is 20.8 Å². The molecule has 0 amide bonds. The van der Waals surface area contributed by atoms with Crippen molar-refractivity contribution < 1.29 is 50.9 Å². The van der Waals surface area contributed by atoms with Crippen LogP contribution in [0.25, 0.3) is 0 Å². The predicted octanol–water partition coefficient (Wildman–Crippen LogP) is 2.74. The van der Waals surface area contributed by atoms with Gasteiger partial charge < -0.3 is 14.9 Å². The summed E-state index contributed by atoms with van der Waals surface area (Å²) < 4.78 is 69.3. The van der Waals surface area contributed by atoms with Crippen molar-refractivity contribution >= 4 is 27.1 Å². The monoisotopic (exact) mass is 412 g/mol. The number of carboxylic acids is 1. The second-order valence-electron chi connectivity index (χ2n) is 6.30. The average Bonchev–Trinajstić information content (AvgIpc) is 2.42. The van der Waals surface area contributed by atoms with E-state index in [1.54, 1.807) is 0 Å². The SMILES string of the molecule is CC(C)(C)OC(=O)c1ccc(S(=O)(=O)C(=O)O)c(CC(=O)O)c1C(F)(F)F. The lowest BCUT2D eigenvalue weighted by Crippen LogP contribution is -2.28. The van der Waals surface area contributed by atoms with E-state index in [2.05, 4.69) is 0 Å². The fourth-order valence-corrected chi connectivity index (χ4v) is 3.06. The molecule has 0 spiro atoms. The van der Waals surface area contributed by atoms with Gasteiger partial charge >= 0.3 is 23.4 Å². The van der Waals surface area contributed by atoms with Gasteiger partial charge in [-0.25, -0.2) is 18.0 Å². The highest BCUT2D eigenvalue weighted by Crippen LogP contribution is 2.39. The maximum atomic E-state index is 13.6. The fourth-order valence-electron chi connectivity index (χ4n) is 2.13. The number of benzene rings is 1. The Morgan fingerprint density at radius 1 is 1.07 bits per heavy atom. The first-order valence-electron chi connectivity index (χ1n) is 7.14. The van der Waals surface area contributed by atoms with Gasteiger partial charge in [0.15, 0.2) is 0 Å². The predicted molar refractivity (Wildman–Crippen MR) is 83.2 cm³/mol. The molecule has 0 radical (unpaired) electrons. The van der Waals surface area contributed by atoms with Crippen molar-refractivity contribution in [3.05, 3.63) is 28.8 Å². The summed E-state index contributed by atoms with van der Waals surface area (Å²) in [6, 6.07) is 0.883. The summed E-state index contributed by atoms with van der Waals surface area (Å²) in [6.45, 7) is 4.12. The molecule has 8 nitrogen and oxygen atoms in total. The summed E-state index contributed by atoms with van der Waals surface area (Å²) in [5.41, 5.74) is -5.56. The molecule has 0 bridgehead atoms. The van der Waals surface area contributed by atoms with Gasteiger partial charge in [0.25, 0.3) is 9.84 Å². The van der Waals surface area contributed by atoms with E-state index in [0.717, 1.165) is 0 Å². The zero-order chi connectivity index (χ0) is 21.4. The molecule has 0 heterocycles. The minimum atomic E-state index is -5.36. The highest BCUT2D eigenvalue weighted by molar-refractivity contribution is 8.05. The van der Waals surface area contributed by atoms with E-state index in [-0.39, 0.29) is 0 Å². The summed E-state index contributed by atoms with van der Waals surface area (Å²) in [7, 11) is -5.31. The van der Waals surface area contributed by atoms with E-state index in [9.17, 15) is 36.0 Å². The van der Waals surface area contributed by atoms with Crippen molar-refractivity contribution in [1.82, 2.24) is 0 Å². The largest absolute Gasteiger partial charge is 0.481 e. The lowest BCUT2D eigenvalue weighted by molar-refractivity contribution is -0.140. The normalized spacial score (nSPS) is 12.5. The van der Waals surface area contributed by atoms with Crippen LogP contribution < -0.4 is 0 Å². The third-order valence-corrected chi connectivity index (χ3v) is 4.44. The Morgan fingerprint density at radius 3 is 1.96 bits per heavy atom. The van der Waals surface area contributed by atoms with Crippen LogP contribution >= 0.6 is 0 Å². The Morgan fingerprint density at radius 2 is 1.59 bits per heavy atom. The molecule has 1 aromatic carbocycles. The molecule has 0 aromatic heterocycles. The quantitative estimate of drug-likeness (QED) is 0.721. The van der Waals surface area contributed by atoms with Crippen LogP contribution in [0.5, 0.6) is 0 Å². The first-order chi connectivity index (χ1) is 12.0. The van der Waals surface area contributed by atoms with Gasteiger partial charge in [0.1, 0.15) is 5.60 Å². The number of esters is 1. The Bertz CT molecular complexity index is 895. The standard InChI is InChI=1S/C15H15F3O8S/c1-14(2,3)26-12(21)7-4-5-9(27(24,25)13(22)23)8(6-10(19)20)11(7)15(16,17)18/h4-5H,6H2,1-3H3,(H,19,20)(H,22,23). The molecule has 1 rings (SSSR count). The number of alkyl halides is 3. The van der Waals surface area contributed by atoms with Crippen LogP contribution in [0.15, 0.2) is 17.0 Å². The molecule has 27 heavy (non-hydrogen) atoms. The fraction of sp³-hybridized carbons (Fsp3) is 0.400. The zero-order valence-corrected chi connectivity index (χ0v) is 15.1. The van der Waals surface area contributed by atoms with Gasteiger partial charge in [-0.1, -0.05) is 0 Å². The summed E-state index contributed by atoms with van der Waals surface area (Å²) >= 11 is 0. The molecule has 2 N–H and O–H groups in total. The van der Waals surface area contributed by atoms with Crippen LogP contribution in [0.2, 0.25) is 0 Å². The topological polar surface area (TPSA) is 135 Å². The molecule has 1 aromatic rings. The molecule has 0 atom stereocenters. The number of rotatable bonds is 4. The van der Waals surface area contributed by atoms with Gasteiger partial charge in [0, 0.05) is 0 Å². The summed E-state index contributed by atoms with van der Waals surface area (Å²) in [5.74, 6) is -3.33. The molecule has 0 saturated carbocycles. The molecule has 0 saturated heterocycles. The Hall–Kier alpha value is -2.63. The van der Waals surface area contributed by atoms with E-state index in [4.69, 9.17) is 14.9 Å². The number of carbonyl (C=O) groups excluding carboxylic acids is 1. The highest BCUT2D eigenvalue weighted by Gasteiger charge is 2.43. The van der Waals surface area contributed by atoms with Crippen molar-refractivity contribution in [3.8, 4) is 0 Å². The van der Waals surface area contributed by atoms with Crippen LogP contribution in [-0.2, 0) is 32.0 Å². The van der Waals surface area contributed by atoms with Crippen LogP contribution in [-0.4, -0.2) is 41.5 Å². The molecule has 0 fully saturated rings. The maximum absolute atomic E-state index is 13.6. The lowest BCUT2D eigenvalue weighted by Gasteiger charge is -2.23. The van der Waals surface area contributed by atoms with Crippen LogP contribution in [0.3, 0.4) is 0 Å². The first-order valence-corrected chi connectivity index (χ1v) is 8.63. The minimum absolute atomic E-state index is 0.441. The maximum Gasteiger partial charge on any atom is 0.427 e. The van der Waals surface area contributed by atoms with Crippen LogP contribution in [0, 0.1) is 0 Å². The van der Waals surface area contributed by atoms with Gasteiger partial charge in [0.2, 0.25) is 0 Å². The molecule has 150 valence electrons. The Balaban J connectivity index is 3.93. The Labute approximate surface area is 151 Å². The lowest BCUT2D eigenvalue weighted by atomic mass is 9.97. The number of hydrogen-bond donors (Lipinski definition) is 2. The third kappa shape index (κ3) is 5.18. The van der Waals surface area contributed by atoms with E-state index < -0.39 is 66.9 Å². The molecular weight excluding hydrogens is 397 g/mol. The second kappa shape index (κ2) is 7.18. The van der Waals surface area contributed by atoms with Crippen molar-refractivity contribution in [2.24, 2.45) is 0 Å². The van der Waals surface area contributed by atoms with E-state index in [1.807, 2.05) is 0 Å². The van der Waals surface area contributed by atoms with Gasteiger partial charge in [0.05, 0.1) is 22.4 Å². The zero-order valence-electron chi connectivity index (χ0n) is 14.2. The van der Waals surface area contributed by atoms with E-state index in [0.29, 0.717) is 12.1 Å². The second-order valence-corrected chi connectivity index (χ2v) is 8.10. The molecular formula is C15H15F3O8S.